The molecule has 1 aliphatic carbocycles. The maximum absolute atomic E-state index is 5.80. The monoisotopic (exact) mass is 384 g/mol. The van der Waals surface area contributed by atoms with Gasteiger partial charge in [0.1, 0.15) is 11.5 Å². The zero-order valence-corrected chi connectivity index (χ0v) is 17.1. The van der Waals surface area contributed by atoms with Gasteiger partial charge in [-0.15, -0.1) is 0 Å². The number of rotatable bonds is 6. The van der Waals surface area contributed by atoms with E-state index in [-0.39, 0.29) is 0 Å². The SMILES string of the molecule is COc1ccc(CN(C(=S)Nc2ccc(C)cc2)C2CCCC2)c(OC)c1. The van der Waals surface area contributed by atoms with Gasteiger partial charge in [0.15, 0.2) is 5.11 Å². The van der Waals surface area contributed by atoms with Crippen molar-refractivity contribution in [3.8, 4) is 11.5 Å². The lowest BCUT2D eigenvalue weighted by Gasteiger charge is -2.32. The minimum Gasteiger partial charge on any atom is -0.497 e. The van der Waals surface area contributed by atoms with Crippen LogP contribution in [0.4, 0.5) is 5.69 Å². The van der Waals surface area contributed by atoms with Crippen LogP contribution in [0.15, 0.2) is 42.5 Å². The molecular weight excluding hydrogens is 356 g/mol. The predicted octanol–water partition coefficient (Wildman–Crippen LogP) is 5.15. The van der Waals surface area contributed by atoms with Crippen LogP contribution < -0.4 is 14.8 Å². The predicted molar refractivity (Wildman–Crippen MR) is 115 cm³/mol. The van der Waals surface area contributed by atoms with E-state index in [1.807, 2.05) is 12.1 Å². The van der Waals surface area contributed by atoms with Crippen molar-refractivity contribution in [3.63, 3.8) is 0 Å². The van der Waals surface area contributed by atoms with Crippen LogP contribution in [0.5, 0.6) is 11.5 Å². The highest BCUT2D eigenvalue weighted by Gasteiger charge is 2.26. The largest absolute Gasteiger partial charge is 0.497 e. The van der Waals surface area contributed by atoms with E-state index in [0.717, 1.165) is 34.4 Å². The first-order valence-corrected chi connectivity index (χ1v) is 9.86. The first kappa shape index (κ1) is 19.5. The third-order valence-electron chi connectivity index (χ3n) is 5.16. The number of aryl methyl sites for hydroxylation is 1. The molecule has 2 aromatic rings. The second-order valence-corrected chi connectivity index (χ2v) is 7.43. The lowest BCUT2D eigenvalue weighted by Crippen LogP contribution is -2.41. The fourth-order valence-electron chi connectivity index (χ4n) is 3.58. The topological polar surface area (TPSA) is 33.7 Å². The summed E-state index contributed by atoms with van der Waals surface area (Å²) in [6, 6.07) is 14.8. The van der Waals surface area contributed by atoms with Gasteiger partial charge in [0.25, 0.3) is 0 Å². The number of hydrogen-bond donors (Lipinski definition) is 1. The lowest BCUT2D eigenvalue weighted by atomic mass is 10.1. The molecule has 144 valence electrons. The molecule has 0 amide bonds. The number of nitrogens with one attached hydrogen (secondary N) is 1. The third-order valence-corrected chi connectivity index (χ3v) is 5.50. The highest BCUT2D eigenvalue weighted by molar-refractivity contribution is 7.80. The molecule has 5 heteroatoms. The van der Waals surface area contributed by atoms with Crippen LogP contribution in [0.3, 0.4) is 0 Å². The molecule has 0 radical (unpaired) electrons. The molecule has 27 heavy (non-hydrogen) atoms. The molecule has 0 saturated heterocycles. The summed E-state index contributed by atoms with van der Waals surface area (Å²) < 4.78 is 10.9. The van der Waals surface area contributed by atoms with Crippen molar-refractivity contribution in [1.29, 1.82) is 0 Å². The number of hydrogen-bond acceptors (Lipinski definition) is 3. The Morgan fingerprint density at radius 3 is 2.41 bits per heavy atom. The van der Waals surface area contributed by atoms with E-state index >= 15 is 0 Å². The zero-order chi connectivity index (χ0) is 19.2. The Labute approximate surface area is 167 Å². The van der Waals surface area contributed by atoms with Crippen molar-refractivity contribution >= 4 is 23.0 Å². The van der Waals surface area contributed by atoms with Crippen LogP contribution in [-0.4, -0.2) is 30.3 Å². The molecule has 0 bridgehead atoms. The average molecular weight is 385 g/mol. The Morgan fingerprint density at radius 2 is 1.78 bits per heavy atom. The number of methoxy groups -OCH3 is 2. The minimum absolute atomic E-state index is 0.460. The Morgan fingerprint density at radius 1 is 1.07 bits per heavy atom. The van der Waals surface area contributed by atoms with Crippen LogP contribution in [0.1, 0.15) is 36.8 Å². The van der Waals surface area contributed by atoms with Crippen molar-refractivity contribution in [2.24, 2.45) is 0 Å². The standard InChI is InChI=1S/C22H28N2O2S/c1-16-8-11-18(12-9-16)23-22(27)24(19-6-4-5-7-19)15-17-10-13-20(25-2)14-21(17)26-3/h8-14,19H,4-7,15H2,1-3H3,(H,23,27). The lowest BCUT2D eigenvalue weighted by molar-refractivity contribution is 0.304. The van der Waals surface area contributed by atoms with Gasteiger partial charge in [0, 0.05) is 29.9 Å². The number of anilines is 1. The maximum atomic E-state index is 5.80. The smallest absolute Gasteiger partial charge is 0.173 e. The molecule has 3 rings (SSSR count). The summed E-state index contributed by atoms with van der Waals surface area (Å²) in [7, 11) is 3.36. The Balaban J connectivity index is 1.81. The van der Waals surface area contributed by atoms with Gasteiger partial charge in [-0.25, -0.2) is 0 Å². The molecule has 1 aliphatic rings. The quantitative estimate of drug-likeness (QED) is 0.696. The molecule has 0 atom stereocenters. The molecule has 1 saturated carbocycles. The highest BCUT2D eigenvalue weighted by atomic mass is 32.1. The van der Waals surface area contributed by atoms with Gasteiger partial charge in [-0.1, -0.05) is 30.5 Å². The molecule has 1 fully saturated rings. The van der Waals surface area contributed by atoms with Crippen LogP contribution in [0.25, 0.3) is 0 Å². The van der Waals surface area contributed by atoms with Gasteiger partial charge in [-0.3, -0.25) is 0 Å². The summed E-state index contributed by atoms with van der Waals surface area (Å²) in [6.45, 7) is 2.80. The van der Waals surface area contributed by atoms with Gasteiger partial charge in [-0.05, 0) is 56.2 Å². The van der Waals surface area contributed by atoms with Crippen molar-refractivity contribution in [3.05, 3.63) is 53.6 Å². The average Bonchev–Trinajstić information content (AvgIpc) is 3.22. The summed E-state index contributed by atoms with van der Waals surface area (Å²) in [5.41, 5.74) is 3.37. The van der Waals surface area contributed by atoms with Crippen LogP contribution in [0.2, 0.25) is 0 Å². The number of nitrogens with zero attached hydrogens (tertiary/aromatic N) is 1. The molecule has 0 aliphatic heterocycles. The fraction of sp³-hybridized carbons (Fsp3) is 0.409. The number of ether oxygens (including phenoxy) is 2. The molecular formula is C22H28N2O2S. The molecule has 4 nitrogen and oxygen atoms in total. The van der Waals surface area contributed by atoms with Crippen molar-refractivity contribution in [2.45, 2.75) is 45.2 Å². The third kappa shape index (κ3) is 4.92. The molecule has 1 N–H and O–H groups in total. The molecule has 0 spiro atoms. The van der Waals surface area contributed by atoms with E-state index in [9.17, 15) is 0 Å². The summed E-state index contributed by atoms with van der Waals surface area (Å²) in [4.78, 5) is 2.31. The van der Waals surface area contributed by atoms with E-state index in [1.54, 1.807) is 14.2 Å². The van der Waals surface area contributed by atoms with Crippen LogP contribution in [-0.2, 0) is 6.54 Å². The van der Waals surface area contributed by atoms with E-state index in [0.29, 0.717) is 6.04 Å². The van der Waals surface area contributed by atoms with E-state index in [4.69, 9.17) is 21.7 Å². The second kappa shape index (κ2) is 9.09. The number of benzene rings is 2. The summed E-state index contributed by atoms with van der Waals surface area (Å²) in [5.74, 6) is 1.62. The van der Waals surface area contributed by atoms with E-state index < -0.39 is 0 Å². The zero-order valence-electron chi connectivity index (χ0n) is 16.3. The normalized spacial score (nSPS) is 14.0. The van der Waals surface area contributed by atoms with Gasteiger partial charge in [-0.2, -0.15) is 0 Å². The van der Waals surface area contributed by atoms with Crippen molar-refractivity contribution < 1.29 is 9.47 Å². The first-order chi connectivity index (χ1) is 13.1. The Hall–Kier alpha value is -2.27. The minimum atomic E-state index is 0.460. The molecule has 0 unspecified atom stereocenters. The molecule has 2 aromatic carbocycles. The Kier molecular flexibility index (Phi) is 6.56. The highest BCUT2D eigenvalue weighted by Crippen LogP contribution is 2.30. The van der Waals surface area contributed by atoms with Crippen molar-refractivity contribution in [1.82, 2.24) is 4.90 Å². The maximum Gasteiger partial charge on any atom is 0.173 e. The number of thiocarbonyl (C=S) groups is 1. The fourth-order valence-corrected chi connectivity index (χ4v) is 3.91. The van der Waals surface area contributed by atoms with Gasteiger partial charge >= 0.3 is 0 Å². The summed E-state index contributed by atoms with van der Waals surface area (Å²) in [6.07, 6.45) is 4.87. The van der Waals surface area contributed by atoms with Gasteiger partial charge in [0.2, 0.25) is 0 Å². The molecule has 0 heterocycles. The molecule has 0 aromatic heterocycles. The first-order valence-electron chi connectivity index (χ1n) is 9.46. The Bertz CT molecular complexity index is 770. The van der Waals surface area contributed by atoms with Crippen LogP contribution >= 0.6 is 12.2 Å². The van der Waals surface area contributed by atoms with E-state index in [1.165, 1.54) is 31.2 Å². The van der Waals surface area contributed by atoms with Gasteiger partial charge in [0.05, 0.1) is 14.2 Å². The van der Waals surface area contributed by atoms with Crippen molar-refractivity contribution in [2.75, 3.05) is 19.5 Å². The summed E-state index contributed by atoms with van der Waals surface area (Å²) in [5, 5.41) is 4.19. The van der Waals surface area contributed by atoms with Gasteiger partial charge < -0.3 is 19.7 Å². The second-order valence-electron chi connectivity index (χ2n) is 7.04. The van der Waals surface area contributed by atoms with E-state index in [2.05, 4.69) is 47.5 Å². The summed E-state index contributed by atoms with van der Waals surface area (Å²) >= 11 is 5.80. The van der Waals surface area contributed by atoms with Crippen LogP contribution in [0, 0.1) is 6.92 Å².